The van der Waals surface area contributed by atoms with Crippen LogP contribution in [0.2, 0.25) is 0 Å². The Labute approximate surface area is 200 Å². The monoisotopic (exact) mass is 503 g/mol. The molecule has 0 aromatic carbocycles. The van der Waals surface area contributed by atoms with Gasteiger partial charge in [0.05, 0.1) is 11.0 Å². The number of hydrogen-bond donors (Lipinski definition) is 1. The number of carbonyl (C=O) groups is 2. The van der Waals surface area contributed by atoms with Crippen LogP contribution in [0.1, 0.15) is 71.6 Å². The molecule has 0 heterocycles. The molecule has 0 spiro atoms. The van der Waals surface area contributed by atoms with E-state index in [1.54, 1.807) is 5.32 Å². The molecule has 1 amide bonds. The van der Waals surface area contributed by atoms with E-state index < -0.39 is 27.2 Å². The summed E-state index contributed by atoms with van der Waals surface area (Å²) in [5.74, 6) is -0.484. The second kappa shape index (κ2) is 8.63. The standard InChI is InChI=1S/C25H36F3NO4S/c1-15-13-17-18-5-6-21(30)24(18,3)10-8-19(17)23(2)9-7-16(14-20(15)23)34(32,33)12-4-11-29-22(31)25(26,27)28/h16-20H,1,4-14H2,2-3H3,(H,29,31)/t16-,17+,18+,19+,20-,23-,24+/m1/s1. The number of fused-ring (bicyclic) bond motifs is 5. The summed E-state index contributed by atoms with van der Waals surface area (Å²) in [4.78, 5) is 23.6. The highest BCUT2D eigenvalue weighted by Crippen LogP contribution is 2.66. The molecule has 4 saturated carbocycles. The number of rotatable bonds is 5. The maximum atomic E-state index is 13.0. The van der Waals surface area contributed by atoms with E-state index in [0.717, 1.165) is 37.7 Å². The quantitative estimate of drug-likeness (QED) is 0.439. The van der Waals surface area contributed by atoms with Gasteiger partial charge in [-0.1, -0.05) is 26.0 Å². The summed E-state index contributed by atoms with van der Waals surface area (Å²) in [5, 5.41) is 1.22. The van der Waals surface area contributed by atoms with E-state index in [2.05, 4.69) is 20.4 Å². The number of halogens is 3. The summed E-state index contributed by atoms with van der Waals surface area (Å²) in [7, 11) is -3.50. The number of carbonyl (C=O) groups excluding carboxylic acids is 2. The van der Waals surface area contributed by atoms with Crippen molar-refractivity contribution in [3.63, 3.8) is 0 Å². The predicted octanol–water partition coefficient (Wildman–Crippen LogP) is 4.62. The second-order valence-corrected chi connectivity index (χ2v) is 14.0. The first-order chi connectivity index (χ1) is 15.7. The third-order valence-electron chi connectivity index (χ3n) is 9.94. The van der Waals surface area contributed by atoms with Gasteiger partial charge < -0.3 is 5.32 Å². The molecule has 0 unspecified atom stereocenters. The van der Waals surface area contributed by atoms with Crippen LogP contribution in [0.3, 0.4) is 0 Å². The van der Waals surface area contributed by atoms with Crippen LogP contribution < -0.4 is 5.32 Å². The topological polar surface area (TPSA) is 80.3 Å². The van der Waals surface area contributed by atoms with E-state index in [1.807, 2.05) is 0 Å². The van der Waals surface area contributed by atoms with E-state index in [1.165, 1.54) is 0 Å². The number of amides is 1. The molecular formula is C25H36F3NO4S. The summed E-state index contributed by atoms with van der Waals surface area (Å²) in [6.45, 7) is 8.50. The van der Waals surface area contributed by atoms with Crippen molar-refractivity contribution >= 4 is 21.5 Å². The van der Waals surface area contributed by atoms with Crippen molar-refractivity contribution in [2.45, 2.75) is 83.1 Å². The molecule has 1 N–H and O–H groups in total. The number of hydrogen-bond acceptors (Lipinski definition) is 4. The fourth-order valence-corrected chi connectivity index (χ4v) is 9.89. The summed E-state index contributed by atoms with van der Waals surface area (Å²) >= 11 is 0. The lowest BCUT2D eigenvalue weighted by Crippen LogP contribution is -2.55. The molecule has 4 fully saturated rings. The van der Waals surface area contributed by atoms with Gasteiger partial charge in [-0.25, -0.2) is 8.42 Å². The van der Waals surface area contributed by atoms with Gasteiger partial charge in [0, 0.05) is 18.4 Å². The van der Waals surface area contributed by atoms with Crippen LogP contribution >= 0.6 is 0 Å². The number of Topliss-reactive ketones (excluding diaryl/α,β-unsaturated/α-hetero) is 1. The smallest absolute Gasteiger partial charge is 0.348 e. The zero-order valence-corrected chi connectivity index (χ0v) is 20.9. The molecule has 5 nitrogen and oxygen atoms in total. The number of nitrogens with one attached hydrogen (secondary N) is 1. The summed E-state index contributed by atoms with van der Waals surface area (Å²) in [6, 6.07) is 0. The lowest BCUT2D eigenvalue weighted by molar-refractivity contribution is -0.173. The minimum absolute atomic E-state index is 0.0281. The van der Waals surface area contributed by atoms with Crippen molar-refractivity contribution in [1.82, 2.24) is 5.32 Å². The van der Waals surface area contributed by atoms with Crippen LogP contribution in [0.5, 0.6) is 0 Å². The van der Waals surface area contributed by atoms with Gasteiger partial charge in [-0.2, -0.15) is 13.2 Å². The maximum Gasteiger partial charge on any atom is 0.471 e. The highest BCUT2D eigenvalue weighted by Gasteiger charge is 2.61. The van der Waals surface area contributed by atoms with Crippen molar-refractivity contribution in [2.24, 2.45) is 34.5 Å². The van der Waals surface area contributed by atoms with Crippen LogP contribution in [0, 0.1) is 34.5 Å². The van der Waals surface area contributed by atoms with Crippen molar-refractivity contribution in [1.29, 1.82) is 0 Å². The van der Waals surface area contributed by atoms with E-state index in [4.69, 9.17) is 0 Å². The number of sulfone groups is 1. The molecule has 9 heteroatoms. The Morgan fingerprint density at radius 1 is 1.15 bits per heavy atom. The maximum absolute atomic E-state index is 13.0. The Bertz CT molecular complexity index is 977. The van der Waals surface area contributed by atoms with Crippen molar-refractivity contribution < 1.29 is 31.2 Å². The molecule has 0 radical (unpaired) electrons. The van der Waals surface area contributed by atoms with Crippen molar-refractivity contribution in [3.8, 4) is 0 Å². The number of ketones is 1. The fourth-order valence-electron chi connectivity index (χ4n) is 8.05. The normalized spacial score (nSPS) is 40.3. The van der Waals surface area contributed by atoms with Gasteiger partial charge in [0.25, 0.3) is 0 Å². The highest BCUT2D eigenvalue weighted by atomic mass is 32.2. The Kier molecular flexibility index (Phi) is 6.52. The molecule has 0 saturated heterocycles. The minimum atomic E-state index is -4.96. The van der Waals surface area contributed by atoms with Gasteiger partial charge in [-0.3, -0.25) is 9.59 Å². The van der Waals surface area contributed by atoms with Crippen molar-refractivity contribution in [3.05, 3.63) is 12.2 Å². The fraction of sp³-hybridized carbons (Fsp3) is 0.840. The Hall–Kier alpha value is -1.38. The lowest BCUT2D eigenvalue weighted by Gasteiger charge is -2.60. The van der Waals surface area contributed by atoms with Crippen LogP contribution in [-0.2, 0) is 19.4 Å². The SMILES string of the molecule is C=C1C[C@@H]2[C@H](CC[C@]3(C)C(=O)CC[C@@H]23)[C@@]2(C)CC[C@@H](S(=O)(=O)CCCNC(=O)C(F)(F)F)C[C@H]12. The number of alkyl halides is 3. The van der Waals surface area contributed by atoms with Crippen LogP contribution in [0.15, 0.2) is 12.2 Å². The summed E-state index contributed by atoms with van der Waals surface area (Å²) in [5.41, 5.74) is 0.858. The average molecular weight is 504 g/mol. The van der Waals surface area contributed by atoms with E-state index >= 15 is 0 Å². The summed E-state index contributed by atoms with van der Waals surface area (Å²) < 4.78 is 63.0. The molecule has 0 aliphatic heterocycles. The first-order valence-corrected chi connectivity index (χ1v) is 14.2. The zero-order valence-electron chi connectivity index (χ0n) is 20.0. The van der Waals surface area contributed by atoms with Gasteiger partial charge in [0.2, 0.25) is 0 Å². The molecule has 4 aliphatic carbocycles. The first-order valence-electron chi connectivity index (χ1n) is 12.5. The number of allylic oxidation sites excluding steroid dienone is 1. The molecular weight excluding hydrogens is 467 g/mol. The Balaban J connectivity index is 1.41. The third kappa shape index (κ3) is 4.24. The molecule has 34 heavy (non-hydrogen) atoms. The first kappa shape index (κ1) is 25.7. The third-order valence-corrected chi connectivity index (χ3v) is 12.2. The molecule has 0 bridgehead atoms. The molecule has 4 rings (SSSR count). The van der Waals surface area contributed by atoms with Gasteiger partial charge in [-0.15, -0.1) is 0 Å². The Morgan fingerprint density at radius 3 is 2.53 bits per heavy atom. The van der Waals surface area contributed by atoms with Gasteiger partial charge in [-0.05, 0) is 80.5 Å². The van der Waals surface area contributed by atoms with Crippen LogP contribution in [0.25, 0.3) is 0 Å². The second-order valence-electron chi connectivity index (χ2n) is 11.6. The predicted molar refractivity (Wildman–Crippen MR) is 123 cm³/mol. The molecule has 0 aromatic rings. The van der Waals surface area contributed by atoms with E-state index in [0.29, 0.717) is 42.8 Å². The van der Waals surface area contributed by atoms with E-state index in [9.17, 15) is 31.2 Å². The van der Waals surface area contributed by atoms with Crippen LogP contribution in [0.4, 0.5) is 13.2 Å². The van der Waals surface area contributed by atoms with E-state index in [-0.39, 0.29) is 35.5 Å². The molecule has 192 valence electrons. The average Bonchev–Trinajstić information content (AvgIpc) is 3.05. The van der Waals surface area contributed by atoms with Gasteiger partial charge >= 0.3 is 12.1 Å². The highest BCUT2D eigenvalue weighted by molar-refractivity contribution is 7.92. The summed E-state index contributed by atoms with van der Waals surface area (Å²) in [6.07, 6.45) is 1.22. The van der Waals surface area contributed by atoms with Crippen LogP contribution in [-0.4, -0.2) is 43.8 Å². The Morgan fingerprint density at radius 2 is 1.85 bits per heavy atom. The molecule has 7 atom stereocenters. The molecule has 0 aromatic heterocycles. The lowest BCUT2D eigenvalue weighted by atomic mass is 9.44. The molecule has 4 aliphatic rings. The largest absolute Gasteiger partial charge is 0.471 e. The van der Waals surface area contributed by atoms with Gasteiger partial charge in [0.1, 0.15) is 5.78 Å². The minimum Gasteiger partial charge on any atom is -0.348 e. The zero-order chi connectivity index (χ0) is 25.1. The van der Waals surface area contributed by atoms with Gasteiger partial charge in [0.15, 0.2) is 9.84 Å². The van der Waals surface area contributed by atoms with Crippen molar-refractivity contribution in [2.75, 3.05) is 12.3 Å².